The second-order valence-electron chi connectivity index (χ2n) is 4.39. The highest BCUT2D eigenvalue weighted by molar-refractivity contribution is 9.10. The molecule has 7 heteroatoms. The van der Waals surface area contributed by atoms with Gasteiger partial charge < -0.3 is 4.74 Å². The molecule has 1 N–H and O–H groups in total. The number of anilines is 1. The summed E-state index contributed by atoms with van der Waals surface area (Å²) >= 11 is 2.99. The lowest BCUT2D eigenvalue weighted by Gasteiger charge is -2.12. The Bertz CT molecular complexity index is 778. The number of hydrogen-bond donors (Lipinski definition) is 1. The van der Waals surface area contributed by atoms with Gasteiger partial charge in [-0.05, 0) is 58.7 Å². The molecule has 0 radical (unpaired) electrons. The average molecular weight is 374 g/mol. The Morgan fingerprint density at radius 3 is 2.52 bits per heavy atom. The lowest BCUT2D eigenvalue weighted by molar-refractivity contribution is 0.417. The van der Waals surface area contributed by atoms with E-state index in [2.05, 4.69) is 20.7 Å². The molecule has 2 aromatic rings. The van der Waals surface area contributed by atoms with Crippen molar-refractivity contribution in [3.63, 3.8) is 0 Å². The molecule has 0 amide bonds. The largest absolute Gasteiger partial charge is 0.495 e. The highest BCUT2D eigenvalue weighted by atomic mass is 79.9. The zero-order chi connectivity index (χ0) is 15.6. The summed E-state index contributed by atoms with van der Waals surface area (Å²) in [7, 11) is -2.45. The molecule has 0 bridgehead atoms. The molecule has 0 unspecified atom stereocenters. The molecule has 0 aliphatic heterocycles. The molecule has 0 aliphatic carbocycles. The third-order valence-corrected chi connectivity index (χ3v) is 4.81. The first kappa shape index (κ1) is 15.8. The Morgan fingerprint density at radius 2 is 1.90 bits per heavy atom. The van der Waals surface area contributed by atoms with Crippen LogP contribution in [0, 0.1) is 12.7 Å². The summed E-state index contributed by atoms with van der Waals surface area (Å²) in [5.41, 5.74) is 1.18. The topological polar surface area (TPSA) is 55.4 Å². The quantitative estimate of drug-likeness (QED) is 0.888. The molecule has 0 aromatic heterocycles. The smallest absolute Gasteiger partial charge is 0.262 e. The Morgan fingerprint density at radius 1 is 1.19 bits per heavy atom. The van der Waals surface area contributed by atoms with Gasteiger partial charge >= 0.3 is 0 Å². The van der Waals surface area contributed by atoms with Crippen molar-refractivity contribution < 1.29 is 17.5 Å². The predicted octanol–water partition coefficient (Wildman–Crippen LogP) is 3.71. The van der Waals surface area contributed by atoms with Crippen LogP contribution in [-0.2, 0) is 10.0 Å². The van der Waals surface area contributed by atoms with E-state index in [4.69, 9.17) is 4.74 Å². The third kappa shape index (κ3) is 3.54. The van der Waals surface area contributed by atoms with Gasteiger partial charge in [-0.1, -0.05) is 6.07 Å². The van der Waals surface area contributed by atoms with E-state index >= 15 is 0 Å². The Labute approximate surface area is 131 Å². The van der Waals surface area contributed by atoms with Crippen LogP contribution in [0.1, 0.15) is 5.56 Å². The Balaban J connectivity index is 2.41. The van der Waals surface area contributed by atoms with Crippen LogP contribution in [-0.4, -0.2) is 15.5 Å². The second kappa shape index (κ2) is 6.03. The normalized spacial score (nSPS) is 11.2. The molecule has 0 fully saturated rings. The number of rotatable bonds is 4. The number of nitrogens with one attached hydrogen (secondary N) is 1. The van der Waals surface area contributed by atoms with Crippen LogP contribution < -0.4 is 9.46 Å². The maximum Gasteiger partial charge on any atom is 0.262 e. The van der Waals surface area contributed by atoms with E-state index in [-0.39, 0.29) is 9.37 Å². The SMILES string of the molecule is COc1ccc(C)cc1NS(=O)(=O)c1ccc(Br)c(F)c1. The summed E-state index contributed by atoms with van der Waals surface area (Å²) in [6.07, 6.45) is 0. The van der Waals surface area contributed by atoms with Gasteiger partial charge in [-0.2, -0.15) is 0 Å². The first-order chi connectivity index (χ1) is 9.83. The molecule has 0 atom stereocenters. The standard InChI is InChI=1S/C14H13BrFNO3S/c1-9-3-6-14(20-2)13(7-9)17-21(18,19)10-4-5-11(15)12(16)8-10/h3-8,17H,1-2H3. The first-order valence-corrected chi connectivity index (χ1v) is 8.23. The summed E-state index contributed by atoms with van der Waals surface area (Å²) in [4.78, 5) is -0.160. The van der Waals surface area contributed by atoms with E-state index in [1.807, 2.05) is 6.92 Å². The van der Waals surface area contributed by atoms with Gasteiger partial charge in [-0.15, -0.1) is 0 Å². The molecule has 0 saturated heterocycles. The molecule has 0 aliphatic rings. The van der Waals surface area contributed by atoms with Crippen molar-refractivity contribution in [2.75, 3.05) is 11.8 Å². The fraction of sp³-hybridized carbons (Fsp3) is 0.143. The summed E-state index contributed by atoms with van der Waals surface area (Å²) in [5, 5.41) is 0. The van der Waals surface area contributed by atoms with Crippen molar-refractivity contribution in [3.8, 4) is 5.75 Å². The van der Waals surface area contributed by atoms with E-state index in [0.29, 0.717) is 11.4 Å². The molecular formula is C14H13BrFNO3S. The van der Waals surface area contributed by atoms with Gasteiger partial charge in [0.2, 0.25) is 0 Å². The van der Waals surface area contributed by atoms with Gasteiger partial charge in [-0.25, -0.2) is 12.8 Å². The molecule has 2 rings (SSSR count). The molecule has 112 valence electrons. The summed E-state index contributed by atoms with van der Waals surface area (Å²) in [5.74, 6) is -0.254. The van der Waals surface area contributed by atoms with Crippen LogP contribution in [0.25, 0.3) is 0 Å². The van der Waals surface area contributed by atoms with Gasteiger partial charge in [0.25, 0.3) is 10.0 Å². The van der Waals surface area contributed by atoms with E-state index in [9.17, 15) is 12.8 Å². The molecule has 2 aromatic carbocycles. The van der Waals surface area contributed by atoms with Crippen molar-refractivity contribution in [2.45, 2.75) is 11.8 Å². The number of benzene rings is 2. The van der Waals surface area contributed by atoms with E-state index in [1.165, 1.54) is 19.2 Å². The first-order valence-electron chi connectivity index (χ1n) is 5.96. The lowest BCUT2D eigenvalue weighted by Crippen LogP contribution is -2.14. The second-order valence-corrected chi connectivity index (χ2v) is 6.92. The van der Waals surface area contributed by atoms with Gasteiger partial charge in [-0.3, -0.25) is 4.72 Å². The average Bonchev–Trinajstić information content (AvgIpc) is 2.41. The minimum Gasteiger partial charge on any atom is -0.495 e. The molecule has 0 heterocycles. The van der Waals surface area contributed by atoms with Crippen molar-refractivity contribution in [3.05, 3.63) is 52.3 Å². The zero-order valence-corrected chi connectivity index (χ0v) is 13.8. The number of halogens is 2. The lowest BCUT2D eigenvalue weighted by atomic mass is 10.2. The third-order valence-electron chi connectivity index (χ3n) is 2.80. The fourth-order valence-electron chi connectivity index (χ4n) is 1.75. The molecular weight excluding hydrogens is 361 g/mol. The monoisotopic (exact) mass is 373 g/mol. The summed E-state index contributed by atoms with van der Waals surface area (Å²) < 4.78 is 45.8. The van der Waals surface area contributed by atoms with Crippen LogP contribution >= 0.6 is 15.9 Å². The zero-order valence-electron chi connectivity index (χ0n) is 11.4. The summed E-state index contributed by atoms with van der Waals surface area (Å²) in [6.45, 7) is 1.83. The van der Waals surface area contributed by atoms with Crippen molar-refractivity contribution in [1.82, 2.24) is 0 Å². The number of aryl methyl sites for hydroxylation is 1. The van der Waals surface area contributed by atoms with Crippen LogP contribution in [0.5, 0.6) is 5.75 Å². The molecule has 21 heavy (non-hydrogen) atoms. The minimum absolute atomic E-state index is 0.160. The molecule has 4 nitrogen and oxygen atoms in total. The minimum atomic E-state index is -3.89. The van der Waals surface area contributed by atoms with Crippen LogP contribution in [0.3, 0.4) is 0 Å². The van der Waals surface area contributed by atoms with Gasteiger partial charge in [0.1, 0.15) is 11.6 Å². The highest BCUT2D eigenvalue weighted by Crippen LogP contribution is 2.28. The predicted molar refractivity (Wildman–Crippen MR) is 82.6 cm³/mol. The van der Waals surface area contributed by atoms with E-state index in [1.54, 1.807) is 18.2 Å². The van der Waals surface area contributed by atoms with Crippen molar-refractivity contribution >= 4 is 31.6 Å². The number of hydrogen-bond acceptors (Lipinski definition) is 3. The molecule has 0 saturated carbocycles. The number of methoxy groups -OCH3 is 1. The van der Waals surface area contributed by atoms with E-state index in [0.717, 1.165) is 11.6 Å². The number of ether oxygens (including phenoxy) is 1. The van der Waals surface area contributed by atoms with E-state index < -0.39 is 15.8 Å². The van der Waals surface area contributed by atoms with Crippen LogP contribution in [0.4, 0.5) is 10.1 Å². The highest BCUT2D eigenvalue weighted by Gasteiger charge is 2.18. The van der Waals surface area contributed by atoms with Gasteiger partial charge in [0, 0.05) is 0 Å². The Kier molecular flexibility index (Phi) is 4.53. The fourth-order valence-corrected chi connectivity index (χ4v) is 3.07. The van der Waals surface area contributed by atoms with Gasteiger partial charge in [0.05, 0.1) is 22.2 Å². The maximum atomic E-state index is 13.5. The van der Waals surface area contributed by atoms with Crippen molar-refractivity contribution in [2.24, 2.45) is 0 Å². The Hall–Kier alpha value is -1.60. The van der Waals surface area contributed by atoms with Crippen LogP contribution in [0.2, 0.25) is 0 Å². The van der Waals surface area contributed by atoms with Gasteiger partial charge in [0.15, 0.2) is 0 Å². The molecule has 0 spiro atoms. The van der Waals surface area contributed by atoms with Crippen molar-refractivity contribution in [1.29, 1.82) is 0 Å². The maximum absolute atomic E-state index is 13.5. The van der Waals surface area contributed by atoms with Crippen LogP contribution in [0.15, 0.2) is 45.8 Å². The summed E-state index contributed by atoms with van der Waals surface area (Å²) in [6, 6.07) is 8.72. The number of sulfonamides is 1.